The quantitative estimate of drug-likeness (QED) is 0.383. The Kier molecular flexibility index (Phi) is 4.30. The Morgan fingerprint density at radius 3 is 2.33 bits per heavy atom. The van der Waals surface area contributed by atoms with E-state index in [1.165, 1.54) is 0 Å². The highest BCUT2D eigenvalue weighted by Crippen LogP contribution is 2.37. The van der Waals surface area contributed by atoms with Crippen LogP contribution in [0.1, 0.15) is 31.8 Å². The Labute approximate surface area is 156 Å². The van der Waals surface area contributed by atoms with Crippen LogP contribution in [0.5, 0.6) is 11.5 Å². The van der Waals surface area contributed by atoms with E-state index < -0.39 is 5.97 Å². The summed E-state index contributed by atoms with van der Waals surface area (Å²) in [6.07, 6.45) is 1.71. The van der Waals surface area contributed by atoms with Crippen molar-refractivity contribution in [1.29, 1.82) is 0 Å². The van der Waals surface area contributed by atoms with Crippen molar-refractivity contribution in [3.8, 4) is 11.5 Å². The molecule has 27 heavy (non-hydrogen) atoms. The van der Waals surface area contributed by atoms with Gasteiger partial charge in [-0.2, -0.15) is 0 Å². The molecule has 1 aliphatic rings. The molecule has 0 atom stereocenters. The van der Waals surface area contributed by atoms with Gasteiger partial charge in [0.1, 0.15) is 11.5 Å². The summed E-state index contributed by atoms with van der Waals surface area (Å²) in [6.45, 7) is 1.80. The molecular formula is C23H16O4. The number of Topliss-reactive ketones (excluding diaryl/α,β-unsaturated/α-hetero) is 1. The monoisotopic (exact) mass is 356 g/mol. The molecule has 0 spiro atoms. The Hall–Kier alpha value is -3.66. The zero-order valence-corrected chi connectivity index (χ0v) is 14.6. The van der Waals surface area contributed by atoms with E-state index in [0.717, 1.165) is 5.56 Å². The summed E-state index contributed by atoms with van der Waals surface area (Å²) in [4.78, 5) is 24.9. The lowest BCUT2D eigenvalue weighted by molar-refractivity contribution is 0.0734. The van der Waals surface area contributed by atoms with E-state index in [4.69, 9.17) is 9.47 Å². The Balaban J connectivity index is 1.62. The Morgan fingerprint density at radius 1 is 0.963 bits per heavy atom. The van der Waals surface area contributed by atoms with Gasteiger partial charge in [-0.3, -0.25) is 4.79 Å². The average molecular weight is 356 g/mol. The topological polar surface area (TPSA) is 52.6 Å². The number of ketones is 1. The molecule has 132 valence electrons. The fourth-order valence-electron chi connectivity index (χ4n) is 2.98. The second-order valence-electron chi connectivity index (χ2n) is 6.22. The molecule has 0 saturated carbocycles. The molecule has 0 bridgehead atoms. The number of hydrogen-bond acceptors (Lipinski definition) is 4. The summed E-state index contributed by atoms with van der Waals surface area (Å²) in [5, 5.41) is 0. The van der Waals surface area contributed by atoms with E-state index in [9.17, 15) is 9.59 Å². The van der Waals surface area contributed by atoms with E-state index in [-0.39, 0.29) is 11.5 Å². The molecule has 4 nitrogen and oxygen atoms in total. The number of esters is 1. The van der Waals surface area contributed by atoms with E-state index in [0.29, 0.717) is 28.2 Å². The van der Waals surface area contributed by atoms with Gasteiger partial charge in [-0.15, -0.1) is 0 Å². The minimum atomic E-state index is -0.459. The summed E-state index contributed by atoms with van der Waals surface area (Å²) in [5.41, 5.74) is 2.53. The molecule has 0 radical (unpaired) electrons. The Morgan fingerprint density at radius 2 is 1.63 bits per heavy atom. The zero-order chi connectivity index (χ0) is 18.8. The Bertz CT molecular complexity index is 1050. The normalized spacial score (nSPS) is 14.0. The molecule has 4 heteroatoms. The highest BCUT2D eigenvalue weighted by molar-refractivity contribution is 6.15. The van der Waals surface area contributed by atoms with Crippen LogP contribution in [-0.4, -0.2) is 11.8 Å². The van der Waals surface area contributed by atoms with E-state index in [2.05, 4.69) is 0 Å². The molecule has 3 aromatic rings. The number of hydrogen-bond donors (Lipinski definition) is 0. The molecule has 3 aromatic carbocycles. The first-order chi connectivity index (χ1) is 13.1. The second-order valence-corrected chi connectivity index (χ2v) is 6.22. The molecule has 0 fully saturated rings. The number of carbonyl (C=O) groups excluding carboxylic acids is 2. The zero-order valence-electron chi connectivity index (χ0n) is 14.6. The predicted molar refractivity (Wildman–Crippen MR) is 102 cm³/mol. The van der Waals surface area contributed by atoms with Crippen molar-refractivity contribution >= 4 is 17.8 Å². The van der Waals surface area contributed by atoms with Gasteiger partial charge >= 0.3 is 5.97 Å². The minimum Gasteiger partial charge on any atom is -0.452 e. The van der Waals surface area contributed by atoms with Gasteiger partial charge in [0.05, 0.1) is 11.1 Å². The van der Waals surface area contributed by atoms with Gasteiger partial charge in [0.25, 0.3) is 0 Å². The molecule has 0 unspecified atom stereocenters. The smallest absolute Gasteiger partial charge is 0.343 e. The lowest BCUT2D eigenvalue weighted by Crippen LogP contribution is -2.08. The van der Waals surface area contributed by atoms with Crippen LogP contribution in [0.3, 0.4) is 0 Å². The SMILES string of the molecule is Cc1cc(OC(=O)c2ccccc2)cc2c1C(=O)/C(=C/c1ccccc1)O2. The lowest BCUT2D eigenvalue weighted by atomic mass is 10.0. The standard InChI is InChI=1S/C23H16O4/c1-15-12-18(26-23(25)17-10-6-3-7-11-17)14-19-21(15)22(24)20(27-19)13-16-8-4-2-5-9-16/h2-14H,1H3/b20-13-. The second kappa shape index (κ2) is 6.92. The fourth-order valence-corrected chi connectivity index (χ4v) is 2.98. The first kappa shape index (κ1) is 16.8. The van der Waals surface area contributed by atoms with Crippen LogP contribution in [0.25, 0.3) is 6.08 Å². The van der Waals surface area contributed by atoms with Crippen molar-refractivity contribution in [3.05, 3.63) is 101 Å². The van der Waals surface area contributed by atoms with E-state index >= 15 is 0 Å². The average Bonchev–Trinajstić information content (AvgIpc) is 2.99. The number of benzene rings is 3. The number of carbonyl (C=O) groups is 2. The third-order valence-corrected chi connectivity index (χ3v) is 4.26. The predicted octanol–water partition coefficient (Wildman–Crippen LogP) is 4.83. The molecule has 0 aliphatic carbocycles. The maximum absolute atomic E-state index is 12.7. The summed E-state index contributed by atoms with van der Waals surface area (Å²) >= 11 is 0. The molecule has 4 rings (SSSR count). The molecule has 0 saturated heterocycles. The first-order valence-corrected chi connectivity index (χ1v) is 8.53. The van der Waals surface area contributed by atoms with Crippen LogP contribution in [0.4, 0.5) is 0 Å². The maximum Gasteiger partial charge on any atom is 0.343 e. The molecule has 0 N–H and O–H groups in total. The highest BCUT2D eigenvalue weighted by Gasteiger charge is 2.30. The minimum absolute atomic E-state index is 0.174. The van der Waals surface area contributed by atoms with E-state index in [1.807, 2.05) is 36.4 Å². The molecule has 1 heterocycles. The van der Waals surface area contributed by atoms with Crippen LogP contribution in [0, 0.1) is 6.92 Å². The van der Waals surface area contributed by atoms with Crippen molar-refractivity contribution in [2.45, 2.75) is 6.92 Å². The van der Waals surface area contributed by atoms with Crippen LogP contribution in [0.2, 0.25) is 0 Å². The fraction of sp³-hybridized carbons (Fsp3) is 0.0435. The molecule has 0 aromatic heterocycles. The van der Waals surface area contributed by atoms with Crippen molar-refractivity contribution in [2.24, 2.45) is 0 Å². The maximum atomic E-state index is 12.7. The van der Waals surface area contributed by atoms with Crippen LogP contribution < -0.4 is 9.47 Å². The van der Waals surface area contributed by atoms with Gasteiger partial charge in [0.2, 0.25) is 5.78 Å². The van der Waals surface area contributed by atoms with Crippen molar-refractivity contribution in [2.75, 3.05) is 0 Å². The number of aryl methyl sites for hydroxylation is 1. The first-order valence-electron chi connectivity index (χ1n) is 8.53. The van der Waals surface area contributed by atoms with Crippen molar-refractivity contribution in [1.82, 2.24) is 0 Å². The summed E-state index contributed by atoms with van der Waals surface area (Å²) in [6, 6.07) is 21.5. The van der Waals surface area contributed by atoms with Crippen LogP contribution in [-0.2, 0) is 0 Å². The van der Waals surface area contributed by atoms with Gasteiger partial charge in [-0.25, -0.2) is 4.79 Å². The third-order valence-electron chi connectivity index (χ3n) is 4.26. The van der Waals surface area contributed by atoms with Gasteiger partial charge in [0, 0.05) is 6.07 Å². The largest absolute Gasteiger partial charge is 0.452 e. The number of allylic oxidation sites excluding steroid dienone is 1. The lowest BCUT2D eigenvalue weighted by Gasteiger charge is -2.07. The molecular weight excluding hydrogens is 340 g/mol. The summed E-state index contributed by atoms with van der Waals surface area (Å²) in [5.74, 6) is 0.365. The molecule has 0 amide bonds. The van der Waals surface area contributed by atoms with Crippen LogP contribution in [0.15, 0.2) is 78.6 Å². The third kappa shape index (κ3) is 3.37. The van der Waals surface area contributed by atoms with Gasteiger partial charge in [-0.1, -0.05) is 48.5 Å². The molecule has 1 aliphatic heterocycles. The number of rotatable bonds is 3. The van der Waals surface area contributed by atoms with Crippen molar-refractivity contribution < 1.29 is 19.1 Å². The van der Waals surface area contributed by atoms with Gasteiger partial charge < -0.3 is 9.47 Å². The highest BCUT2D eigenvalue weighted by atomic mass is 16.5. The van der Waals surface area contributed by atoms with Gasteiger partial charge in [-0.05, 0) is 42.3 Å². The number of ether oxygens (including phenoxy) is 2. The summed E-state index contributed by atoms with van der Waals surface area (Å²) < 4.78 is 11.2. The number of fused-ring (bicyclic) bond motifs is 1. The van der Waals surface area contributed by atoms with Crippen molar-refractivity contribution in [3.63, 3.8) is 0 Å². The summed E-state index contributed by atoms with van der Waals surface area (Å²) in [7, 11) is 0. The van der Waals surface area contributed by atoms with Crippen LogP contribution >= 0.6 is 0 Å². The van der Waals surface area contributed by atoms with E-state index in [1.54, 1.807) is 49.4 Å². The van der Waals surface area contributed by atoms with Gasteiger partial charge in [0.15, 0.2) is 5.76 Å².